The fraction of sp³-hybridized carbons (Fsp3) is 0.474. The summed E-state index contributed by atoms with van der Waals surface area (Å²) < 4.78 is 2.37. The van der Waals surface area contributed by atoms with Crippen LogP contribution >= 0.6 is 0 Å². The molecule has 1 aromatic heterocycles. The van der Waals surface area contributed by atoms with Crippen molar-refractivity contribution in [1.29, 1.82) is 0 Å². The maximum atomic E-state index is 3.83. The summed E-state index contributed by atoms with van der Waals surface area (Å²) >= 11 is 0. The van der Waals surface area contributed by atoms with Crippen molar-refractivity contribution in [2.75, 3.05) is 0 Å². The van der Waals surface area contributed by atoms with Gasteiger partial charge in [-0.25, -0.2) is 0 Å². The first-order valence-electron chi connectivity index (χ1n) is 8.29. The van der Waals surface area contributed by atoms with Gasteiger partial charge in [0.15, 0.2) is 0 Å². The Labute approximate surface area is 127 Å². The maximum Gasteiger partial charge on any atom is 0.0483 e. The Morgan fingerprint density at radius 2 is 2.00 bits per heavy atom. The summed E-state index contributed by atoms with van der Waals surface area (Å²) in [7, 11) is 0. The predicted octanol–water partition coefficient (Wildman–Crippen LogP) is 4.64. The lowest BCUT2D eigenvalue weighted by atomic mass is 9.95. The van der Waals surface area contributed by atoms with Crippen molar-refractivity contribution in [2.24, 2.45) is 0 Å². The Bertz CT molecular complexity index is 591. The lowest BCUT2D eigenvalue weighted by molar-refractivity contribution is 0.372. The largest absolute Gasteiger partial charge is 0.347 e. The van der Waals surface area contributed by atoms with Crippen LogP contribution in [-0.2, 0) is 13.1 Å². The zero-order chi connectivity index (χ0) is 14.5. The average molecular weight is 282 g/mol. The second kappa shape index (κ2) is 6.95. The number of benzene rings is 1. The molecule has 1 N–H and O–H groups in total. The van der Waals surface area contributed by atoms with Crippen molar-refractivity contribution in [3.8, 4) is 0 Å². The van der Waals surface area contributed by atoms with Gasteiger partial charge in [-0.15, -0.1) is 6.58 Å². The molecule has 1 aliphatic rings. The summed E-state index contributed by atoms with van der Waals surface area (Å²) in [6, 6.07) is 9.46. The molecule has 0 unspecified atom stereocenters. The molecule has 2 nitrogen and oxygen atoms in total. The Hall–Kier alpha value is -1.54. The van der Waals surface area contributed by atoms with Crippen LogP contribution in [0.4, 0.5) is 0 Å². The van der Waals surface area contributed by atoms with Crippen molar-refractivity contribution < 1.29 is 0 Å². The lowest BCUT2D eigenvalue weighted by Gasteiger charge is -2.22. The molecule has 1 aliphatic carbocycles. The maximum absolute atomic E-state index is 3.83. The smallest absolute Gasteiger partial charge is 0.0483 e. The van der Waals surface area contributed by atoms with Crippen LogP contribution in [0.15, 0.2) is 43.1 Å². The fourth-order valence-electron chi connectivity index (χ4n) is 3.44. The molecule has 0 radical (unpaired) electrons. The van der Waals surface area contributed by atoms with E-state index >= 15 is 0 Å². The van der Waals surface area contributed by atoms with Gasteiger partial charge >= 0.3 is 0 Å². The van der Waals surface area contributed by atoms with E-state index in [1.165, 1.54) is 48.6 Å². The van der Waals surface area contributed by atoms with Crippen molar-refractivity contribution in [3.05, 3.63) is 48.7 Å². The van der Waals surface area contributed by atoms with Gasteiger partial charge in [0.05, 0.1) is 0 Å². The second-order valence-corrected chi connectivity index (χ2v) is 6.16. The lowest BCUT2D eigenvalue weighted by Crippen LogP contribution is -2.30. The molecule has 0 amide bonds. The summed E-state index contributed by atoms with van der Waals surface area (Å²) in [6.45, 7) is 5.85. The Morgan fingerprint density at radius 1 is 1.19 bits per heavy atom. The molecule has 0 aliphatic heterocycles. The standard InChI is InChI=1S/C19H26N2/c1-2-3-13-21-15-16(18-11-7-8-12-19(18)21)14-20-17-9-5-4-6-10-17/h2,7-8,11-12,15,17,20H,1,3-6,9-10,13-14H2. The van der Waals surface area contributed by atoms with Gasteiger partial charge in [0, 0.05) is 36.2 Å². The summed E-state index contributed by atoms with van der Waals surface area (Å²) in [4.78, 5) is 0. The van der Waals surface area contributed by atoms with Crippen molar-refractivity contribution in [3.63, 3.8) is 0 Å². The van der Waals surface area contributed by atoms with E-state index < -0.39 is 0 Å². The number of aryl methyl sites for hydroxylation is 1. The molecule has 1 saturated carbocycles. The molecule has 0 atom stereocenters. The van der Waals surface area contributed by atoms with E-state index in [1.807, 2.05) is 6.08 Å². The van der Waals surface area contributed by atoms with Gasteiger partial charge < -0.3 is 9.88 Å². The van der Waals surface area contributed by atoms with Gasteiger partial charge in [0.25, 0.3) is 0 Å². The zero-order valence-corrected chi connectivity index (χ0v) is 12.9. The van der Waals surface area contributed by atoms with E-state index in [0.29, 0.717) is 6.04 Å². The Kier molecular flexibility index (Phi) is 4.76. The summed E-state index contributed by atoms with van der Waals surface area (Å²) in [6.07, 6.45) is 12.2. The van der Waals surface area contributed by atoms with E-state index in [9.17, 15) is 0 Å². The Morgan fingerprint density at radius 3 is 2.81 bits per heavy atom. The molecule has 1 heterocycles. The number of allylic oxidation sites excluding steroid dienone is 1. The molecule has 0 spiro atoms. The fourth-order valence-corrected chi connectivity index (χ4v) is 3.44. The van der Waals surface area contributed by atoms with E-state index in [4.69, 9.17) is 0 Å². The van der Waals surface area contributed by atoms with Crippen molar-refractivity contribution in [2.45, 2.75) is 57.7 Å². The Balaban J connectivity index is 1.75. The number of fused-ring (bicyclic) bond motifs is 1. The molecule has 3 rings (SSSR count). The minimum Gasteiger partial charge on any atom is -0.347 e. The predicted molar refractivity (Wildman–Crippen MR) is 90.5 cm³/mol. The molecule has 0 saturated heterocycles. The van der Waals surface area contributed by atoms with Crippen LogP contribution in [0.1, 0.15) is 44.1 Å². The van der Waals surface area contributed by atoms with Crippen LogP contribution in [-0.4, -0.2) is 10.6 Å². The summed E-state index contributed by atoms with van der Waals surface area (Å²) in [5, 5.41) is 5.16. The van der Waals surface area contributed by atoms with Crippen LogP contribution in [0.5, 0.6) is 0 Å². The first-order valence-corrected chi connectivity index (χ1v) is 8.29. The third kappa shape index (κ3) is 3.38. The van der Waals surface area contributed by atoms with Gasteiger partial charge in [-0.3, -0.25) is 0 Å². The second-order valence-electron chi connectivity index (χ2n) is 6.16. The van der Waals surface area contributed by atoms with Crippen LogP contribution in [0.3, 0.4) is 0 Å². The highest BCUT2D eigenvalue weighted by Gasteiger charge is 2.14. The zero-order valence-electron chi connectivity index (χ0n) is 12.9. The average Bonchev–Trinajstić information content (AvgIpc) is 2.90. The normalized spacial score (nSPS) is 16.4. The topological polar surface area (TPSA) is 17.0 Å². The molecule has 0 bridgehead atoms. The number of aromatic nitrogens is 1. The quantitative estimate of drug-likeness (QED) is 0.764. The van der Waals surface area contributed by atoms with E-state index in [0.717, 1.165) is 19.5 Å². The number of rotatable bonds is 6. The first kappa shape index (κ1) is 14.4. The first-order chi connectivity index (χ1) is 10.4. The van der Waals surface area contributed by atoms with Gasteiger partial charge in [0.1, 0.15) is 0 Å². The minimum absolute atomic E-state index is 0.717. The summed E-state index contributed by atoms with van der Waals surface area (Å²) in [5.41, 5.74) is 2.78. The van der Waals surface area contributed by atoms with Crippen molar-refractivity contribution >= 4 is 10.9 Å². The third-order valence-electron chi connectivity index (χ3n) is 4.63. The minimum atomic E-state index is 0.717. The van der Waals surface area contributed by atoms with Crippen LogP contribution < -0.4 is 5.32 Å². The molecule has 112 valence electrons. The van der Waals surface area contributed by atoms with Crippen LogP contribution in [0.2, 0.25) is 0 Å². The highest BCUT2D eigenvalue weighted by atomic mass is 15.0. The number of nitrogens with zero attached hydrogens (tertiary/aromatic N) is 1. The highest BCUT2D eigenvalue weighted by Crippen LogP contribution is 2.23. The number of para-hydroxylation sites is 1. The SMILES string of the molecule is C=CCCn1cc(CNC2CCCCC2)c2ccccc21. The number of nitrogens with one attached hydrogen (secondary N) is 1. The van der Waals surface area contributed by atoms with E-state index in [2.05, 4.69) is 46.9 Å². The van der Waals surface area contributed by atoms with Crippen LogP contribution in [0, 0.1) is 0 Å². The van der Waals surface area contributed by atoms with Gasteiger partial charge in [0.2, 0.25) is 0 Å². The molecule has 21 heavy (non-hydrogen) atoms. The molecule has 1 fully saturated rings. The molecule has 2 aromatic rings. The monoisotopic (exact) mass is 282 g/mol. The van der Waals surface area contributed by atoms with E-state index in [1.54, 1.807) is 0 Å². The number of hydrogen-bond acceptors (Lipinski definition) is 1. The molecule has 1 aromatic carbocycles. The van der Waals surface area contributed by atoms with Gasteiger partial charge in [-0.05, 0) is 30.9 Å². The highest BCUT2D eigenvalue weighted by molar-refractivity contribution is 5.83. The van der Waals surface area contributed by atoms with E-state index in [-0.39, 0.29) is 0 Å². The molecular weight excluding hydrogens is 256 g/mol. The van der Waals surface area contributed by atoms with Crippen molar-refractivity contribution in [1.82, 2.24) is 9.88 Å². The summed E-state index contributed by atoms with van der Waals surface area (Å²) in [5.74, 6) is 0. The van der Waals surface area contributed by atoms with Gasteiger partial charge in [-0.1, -0.05) is 43.5 Å². The third-order valence-corrected chi connectivity index (χ3v) is 4.63. The van der Waals surface area contributed by atoms with Gasteiger partial charge in [-0.2, -0.15) is 0 Å². The number of hydrogen-bond donors (Lipinski definition) is 1. The molecular formula is C19H26N2. The van der Waals surface area contributed by atoms with Crippen LogP contribution in [0.25, 0.3) is 10.9 Å². The molecule has 2 heteroatoms.